The van der Waals surface area contributed by atoms with Gasteiger partial charge in [0.2, 0.25) is 5.91 Å². The lowest BCUT2D eigenvalue weighted by molar-refractivity contribution is -0.129. The highest BCUT2D eigenvalue weighted by Crippen LogP contribution is 2.23. The van der Waals surface area contributed by atoms with Crippen molar-refractivity contribution in [1.82, 2.24) is 10.2 Å². The number of nitrogens with zero attached hydrogens (tertiary/aromatic N) is 1. The van der Waals surface area contributed by atoms with E-state index >= 15 is 0 Å². The van der Waals surface area contributed by atoms with Crippen molar-refractivity contribution in [2.75, 3.05) is 27.3 Å². The van der Waals surface area contributed by atoms with Gasteiger partial charge in [0.25, 0.3) is 0 Å². The second-order valence-electron chi connectivity index (χ2n) is 5.91. The minimum atomic E-state index is -0.572. The van der Waals surface area contributed by atoms with Crippen molar-refractivity contribution in [3.05, 3.63) is 29.8 Å². The molecule has 0 saturated carbocycles. The molecule has 3 N–H and O–H groups in total. The highest BCUT2D eigenvalue weighted by atomic mass is 16.5. The molecule has 1 atom stereocenters. The molecule has 1 aromatic carbocycles. The summed E-state index contributed by atoms with van der Waals surface area (Å²) in [4.78, 5) is 25.3. The second-order valence-corrected chi connectivity index (χ2v) is 5.91. The lowest BCUT2D eigenvalue weighted by atomic mass is 10.0. The Bertz CT molecular complexity index is 623. The van der Waals surface area contributed by atoms with Gasteiger partial charge in [0.05, 0.1) is 14.2 Å². The number of nitrogens with one attached hydrogen (secondary N) is 1. The summed E-state index contributed by atoms with van der Waals surface area (Å²) in [5, 5.41) is 2.59. The Hall–Kier alpha value is -2.70. The van der Waals surface area contributed by atoms with Gasteiger partial charge >= 0.3 is 6.03 Å². The molecule has 1 unspecified atom stereocenters. The highest BCUT2D eigenvalue weighted by Gasteiger charge is 2.25. The normalized spacial score (nSPS) is 17.4. The molecule has 0 aliphatic carbocycles. The molecule has 1 saturated heterocycles. The van der Waals surface area contributed by atoms with Crippen molar-refractivity contribution in [3.63, 3.8) is 0 Å². The van der Waals surface area contributed by atoms with Crippen molar-refractivity contribution >= 4 is 18.0 Å². The average Bonchev–Trinajstić information content (AvgIpc) is 2.64. The minimum Gasteiger partial charge on any atom is -0.497 e. The van der Waals surface area contributed by atoms with Crippen LogP contribution in [0.1, 0.15) is 24.8 Å². The van der Waals surface area contributed by atoms with E-state index in [0.29, 0.717) is 24.6 Å². The van der Waals surface area contributed by atoms with Crippen molar-refractivity contribution in [3.8, 4) is 11.5 Å². The summed E-state index contributed by atoms with van der Waals surface area (Å²) in [6, 6.07) is 4.83. The van der Waals surface area contributed by atoms with E-state index in [2.05, 4.69) is 5.32 Å². The number of urea groups is 1. The van der Waals surface area contributed by atoms with E-state index in [4.69, 9.17) is 15.2 Å². The Labute approximate surface area is 147 Å². The monoisotopic (exact) mass is 347 g/mol. The maximum absolute atomic E-state index is 12.6. The van der Waals surface area contributed by atoms with E-state index in [9.17, 15) is 9.59 Å². The maximum atomic E-state index is 12.6. The van der Waals surface area contributed by atoms with Crippen LogP contribution in [0.25, 0.3) is 6.08 Å². The van der Waals surface area contributed by atoms with Gasteiger partial charge < -0.3 is 25.4 Å². The molecule has 3 amide bonds. The molecule has 1 fully saturated rings. The molecule has 0 spiro atoms. The highest BCUT2D eigenvalue weighted by molar-refractivity contribution is 5.92. The zero-order chi connectivity index (χ0) is 18.2. The van der Waals surface area contributed by atoms with Crippen molar-refractivity contribution in [2.45, 2.75) is 25.3 Å². The summed E-state index contributed by atoms with van der Waals surface area (Å²) in [7, 11) is 3.16. The van der Waals surface area contributed by atoms with E-state index in [0.717, 1.165) is 24.8 Å². The Morgan fingerprint density at radius 1 is 1.24 bits per heavy atom. The number of carbonyl (C=O) groups excluding carboxylic acids is 2. The maximum Gasteiger partial charge on any atom is 0.312 e. The smallest absolute Gasteiger partial charge is 0.312 e. The van der Waals surface area contributed by atoms with Gasteiger partial charge in [0, 0.05) is 31.3 Å². The van der Waals surface area contributed by atoms with Crippen LogP contribution >= 0.6 is 0 Å². The van der Waals surface area contributed by atoms with Crippen LogP contribution in [-0.2, 0) is 4.79 Å². The molecule has 0 radical (unpaired) electrons. The number of rotatable bonds is 6. The Morgan fingerprint density at radius 3 is 2.52 bits per heavy atom. The van der Waals surface area contributed by atoms with Crippen LogP contribution in [0.15, 0.2) is 24.3 Å². The molecule has 7 heteroatoms. The van der Waals surface area contributed by atoms with E-state index in [1.807, 2.05) is 12.1 Å². The van der Waals surface area contributed by atoms with Gasteiger partial charge in [-0.25, -0.2) is 4.79 Å². The Balaban J connectivity index is 2.08. The fourth-order valence-electron chi connectivity index (χ4n) is 2.91. The number of ether oxygens (including phenoxy) is 2. The molecule has 1 aliphatic rings. The number of piperidine rings is 1. The van der Waals surface area contributed by atoms with Gasteiger partial charge in [-0.05, 0) is 43.0 Å². The zero-order valence-electron chi connectivity index (χ0n) is 14.7. The van der Waals surface area contributed by atoms with Gasteiger partial charge in [-0.15, -0.1) is 0 Å². The summed E-state index contributed by atoms with van der Waals surface area (Å²) in [6.07, 6.45) is 6.12. The van der Waals surface area contributed by atoms with Crippen molar-refractivity contribution < 1.29 is 19.1 Å². The van der Waals surface area contributed by atoms with Crippen LogP contribution in [-0.4, -0.2) is 50.2 Å². The molecule has 1 aromatic rings. The first-order valence-electron chi connectivity index (χ1n) is 8.28. The second kappa shape index (κ2) is 8.96. The van der Waals surface area contributed by atoms with Gasteiger partial charge in [-0.3, -0.25) is 4.79 Å². The number of benzene rings is 1. The quantitative estimate of drug-likeness (QED) is 0.767. The summed E-state index contributed by atoms with van der Waals surface area (Å²) in [5.41, 5.74) is 5.94. The van der Waals surface area contributed by atoms with E-state index in [-0.39, 0.29) is 11.9 Å². The fraction of sp³-hybridized carbons (Fsp3) is 0.444. The summed E-state index contributed by atoms with van der Waals surface area (Å²) < 4.78 is 10.5. The third kappa shape index (κ3) is 5.41. The van der Waals surface area contributed by atoms with Crippen molar-refractivity contribution in [1.29, 1.82) is 0 Å². The van der Waals surface area contributed by atoms with Gasteiger partial charge in [-0.2, -0.15) is 0 Å². The predicted octanol–water partition coefficient (Wildman–Crippen LogP) is 1.77. The van der Waals surface area contributed by atoms with Crippen LogP contribution in [0.3, 0.4) is 0 Å². The molecule has 0 aromatic heterocycles. The van der Waals surface area contributed by atoms with Gasteiger partial charge in [0.15, 0.2) is 0 Å². The lowest BCUT2D eigenvalue weighted by Crippen LogP contribution is -2.49. The summed E-state index contributed by atoms with van der Waals surface area (Å²) in [6.45, 7) is 1.05. The molecule has 25 heavy (non-hydrogen) atoms. The van der Waals surface area contributed by atoms with Gasteiger partial charge in [-0.1, -0.05) is 0 Å². The number of methoxy groups -OCH3 is 2. The largest absolute Gasteiger partial charge is 0.497 e. The number of hydrogen-bond acceptors (Lipinski definition) is 4. The molecular weight excluding hydrogens is 322 g/mol. The number of likely N-dealkylation sites (tertiary alicyclic amines) is 1. The SMILES string of the molecule is COc1cc(/C=C/C(=O)N2CCCCC2CNC(N)=O)cc(OC)c1. The van der Waals surface area contributed by atoms with E-state index in [1.54, 1.807) is 31.3 Å². The molecule has 136 valence electrons. The number of amides is 3. The van der Waals surface area contributed by atoms with Gasteiger partial charge in [0.1, 0.15) is 11.5 Å². The molecule has 1 aliphatic heterocycles. The summed E-state index contributed by atoms with van der Waals surface area (Å²) >= 11 is 0. The first-order valence-corrected chi connectivity index (χ1v) is 8.28. The molecule has 1 heterocycles. The third-order valence-corrected chi connectivity index (χ3v) is 4.21. The van der Waals surface area contributed by atoms with Crippen LogP contribution < -0.4 is 20.5 Å². The molecular formula is C18H25N3O4. The average molecular weight is 347 g/mol. The zero-order valence-corrected chi connectivity index (χ0v) is 14.7. The molecule has 0 bridgehead atoms. The number of primary amides is 1. The lowest BCUT2D eigenvalue weighted by Gasteiger charge is -2.35. The Morgan fingerprint density at radius 2 is 1.92 bits per heavy atom. The van der Waals surface area contributed by atoms with E-state index < -0.39 is 6.03 Å². The minimum absolute atomic E-state index is 0.0294. The number of hydrogen-bond donors (Lipinski definition) is 2. The number of nitrogens with two attached hydrogens (primary N) is 1. The van der Waals surface area contributed by atoms with Crippen molar-refractivity contribution in [2.24, 2.45) is 5.73 Å². The number of carbonyl (C=O) groups is 2. The molecule has 7 nitrogen and oxygen atoms in total. The fourth-order valence-corrected chi connectivity index (χ4v) is 2.91. The van der Waals surface area contributed by atoms with E-state index in [1.165, 1.54) is 6.08 Å². The van der Waals surface area contributed by atoms with Crippen LogP contribution in [0.2, 0.25) is 0 Å². The van der Waals surface area contributed by atoms with Crippen LogP contribution in [0.4, 0.5) is 4.79 Å². The predicted molar refractivity (Wildman–Crippen MR) is 95.5 cm³/mol. The van der Waals surface area contributed by atoms with Crippen LogP contribution in [0, 0.1) is 0 Å². The summed E-state index contributed by atoms with van der Waals surface area (Å²) in [5.74, 6) is 1.23. The topological polar surface area (TPSA) is 93.9 Å². The molecule has 2 rings (SSSR count). The first kappa shape index (κ1) is 18.6. The standard InChI is InChI=1S/C18H25N3O4/c1-24-15-9-13(10-16(11-15)25-2)6-7-17(22)21-8-4-3-5-14(21)12-20-18(19)23/h6-7,9-11,14H,3-5,8,12H2,1-2H3,(H3,19,20,23)/b7-6+. The van der Waals surface area contributed by atoms with Crippen LogP contribution in [0.5, 0.6) is 11.5 Å². The third-order valence-electron chi connectivity index (χ3n) is 4.21. The Kier molecular flexibility index (Phi) is 6.68. The first-order chi connectivity index (χ1) is 12.0.